The summed E-state index contributed by atoms with van der Waals surface area (Å²) < 4.78 is 31.5. The number of methoxy groups -OCH3 is 6. The van der Waals surface area contributed by atoms with Gasteiger partial charge in [-0.05, 0) is 31.9 Å². The van der Waals surface area contributed by atoms with E-state index in [0.29, 0.717) is 34.0 Å². The van der Waals surface area contributed by atoms with Crippen molar-refractivity contribution in [1.82, 2.24) is 15.1 Å². The summed E-state index contributed by atoms with van der Waals surface area (Å²) in [7, 11) is 9.66. The second-order valence-corrected chi connectivity index (χ2v) is 15.7. The zero-order valence-corrected chi connectivity index (χ0v) is 37.2. The number of benzene rings is 1. The Kier molecular flexibility index (Phi) is 15.1. The highest BCUT2D eigenvalue weighted by molar-refractivity contribution is 6.08. The quantitative estimate of drug-likeness (QED) is 0.0609. The first-order valence-corrected chi connectivity index (χ1v) is 20.2. The number of fused-ring (bicyclic) bond motifs is 6. The fraction of sp³-hybridized carbons (Fsp3) is 0.447. The number of carbonyl (C=O) groups is 6. The van der Waals surface area contributed by atoms with Crippen LogP contribution in [0.25, 0.3) is 0 Å². The third-order valence-electron chi connectivity index (χ3n) is 12.9. The number of ether oxygens (including phenoxy) is 6. The molecule has 9 atom stereocenters. The molecule has 0 saturated carbocycles. The Morgan fingerprint density at radius 3 is 2.11 bits per heavy atom. The minimum atomic E-state index is -1.66. The Bertz CT molecular complexity index is 2190. The van der Waals surface area contributed by atoms with Gasteiger partial charge in [-0.3, -0.25) is 34.1 Å². The first-order valence-electron chi connectivity index (χ1n) is 20.2. The van der Waals surface area contributed by atoms with E-state index < -0.39 is 64.9 Å². The van der Waals surface area contributed by atoms with Crippen molar-refractivity contribution in [3.05, 3.63) is 102 Å². The molecule has 6 aliphatic rings. The lowest BCUT2D eigenvalue weighted by atomic mass is 9.74. The van der Waals surface area contributed by atoms with E-state index >= 15 is 0 Å². The topological polar surface area (TPSA) is 195 Å². The number of rotatable bonds is 12. The van der Waals surface area contributed by atoms with Crippen LogP contribution in [0.3, 0.4) is 0 Å². The molecular weight excluding hydrogens is 831 g/mol. The minimum Gasteiger partial charge on any atom is -0.501 e. The van der Waals surface area contributed by atoms with Gasteiger partial charge >= 0.3 is 17.9 Å². The largest absolute Gasteiger partial charge is 0.501 e. The van der Waals surface area contributed by atoms with E-state index in [1.54, 1.807) is 62.6 Å². The molecule has 17 nitrogen and oxygen atoms in total. The van der Waals surface area contributed by atoms with Crippen LogP contribution >= 0.6 is 0 Å². The maximum Gasteiger partial charge on any atom is 0.327 e. The number of esters is 3. The third-order valence-corrected chi connectivity index (χ3v) is 12.9. The molecule has 4 heterocycles. The lowest BCUT2D eigenvalue weighted by Gasteiger charge is -2.48. The summed E-state index contributed by atoms with van der Waals surface area (Å²) in [6.07, 6.45) is 20.3. The second-order valence-electron chi connectivity index (χ2n) is 15.7. The van der Waals surface area contributed by atoms with E-state index in [9.17, 15) is 28.8 Å². The summed E-state index contributed by atoms with van der Waals surface area (Å²) in [6.45, 7) is 9.42. The molecule has 2 bridgehead atoms. The van der Waals surface area contributed by atoms with Crippen molar-refractivity contribution >= 4 is 35.5 Å². The maximum absolute atomic E-state index is 13.8. The molecule has 64 heavy (non-hydrogen) atoms. The lowest BCUT2D eigenvalue weighted by Crippen LogP contribution is -2.68. The Morgan fingerprint density at radius 2 is 1.55 bits per heavy atom. The molecule has 1 N–H and O–H groups in total. The van der Waals surface area contributed by atoms with E-state index in [-0.39, 0.29) is 48.9 Å². The van der Waals surface area contributed by atoms with E-state index in [2.05, 4.69) is 31.3 Å². The van der Waals surface area contributed by atoms with Crippen LogP contribution in [-0.4, -0.2) is 126 Å². The number of hydrogen-bond acceptors (Lipinski definition) is 15. The van der Waals surface area contributed by atoms with Gasteiger partial charge < -0.3 is 38.2 Å². The van der Waals surface area contributed by atoms with E-state index in [4.69, 9.17) is 38.2 Å². The summed E-state index contributed by atoms with van der Waals surface area (Å²) in [5.74, 6) is -2.16. The minimum absolute atomic E-state index is 0.0749. The highest BCUT2D eigenvalue weighted by atomic mass is 17.2. The molecule has 4 aliphatic heterocycles. The van der Waals surface area contributed by atoms with Crippen LogP contribution in [0.4, 0.5) is 0 Å². The van der Waals surface area contributed by atoms with Crippen LogP contribution in [0, 0.1) is 41.4 Å². The summed E-state index contributed by atoms with van der Waals surface area (Å²) in [6, 6.07) is 1.87. The first-order chi connectivity index (χ1) is 30.7. The molecule has 2 saturated heterocycles. The molecule has 2 aliphatic carbocycles. The van der Waals surface area contributed by atoms with Crippen LogP contribution < -0.4 is 10.1 Å². The van der Waals surface area contributed by atoms with Crippen molar-refractivity contribution in [2.75, 3.05) is 56.4 Å². The molecule has 2 amide bonds. The van der Waals surface area contributed by atoms with E-state index in [0.717, 1.165) is 0 Å². The van der Waals surface area contributed by atoms with E-state index in [1.807, 2.05) is 18.2 Å². The molecule has 4 unspecified atom stereocenters. The molecule has 0 radical (unpaired) electrons. The van der Waals surface area contributed by atoms with Gasteiger partial charge in [-0.1, -0.05) is 48.1 Å². The molecular formula is C47H55N3O14. The number of nitrogens with zero attached hydrogens (tertiary/aromatic N) is 2. The van der Waals surface area contributed by atoms with Crippen LogP contribution in [0.2, 0.25) is 0 Å². The van der Waals surface area contributed by atoms with Crippen LogP contribution in [-0.2, 0) is 57.4 Å². The fourth-order valence-corrected chi connectivity index (χ4v) is 10.0. The van der Waals surface area contributed by atoms with Gasteiger partial charge in [0.25, 0.3) is 0 Å². The average molecular weight is 886 g/mol. The SMILES string of the molecule is C#C.C=C[C@H]1C2C(OC)=CC=CC2C(OC)=CN1C(=O)[C@@H]1CC(C(=O)OC)(C(=O)OC)C=C1C.C=C[C@H]1c2c(OC)cccc2C(=O)C2[C@@H]3N[C@@H](CC3(COOC)C(=O)OC)C(=O)N21. The van der Waals surface area contributed by atoms with Crippen LogP contribution in [0.5, 0.6) is 5.75 Å². The molecule has 1 aromatic rings. The molecule has 342 valence electrons. The van der Waals surface area contributed by atoms with Gasteiger partial charge in [0.1, 0.15) is 35.3 Å². The van der Waals surface area contributed by atoms with Gasteiger partial charge in [-0.15, -0.1) is 26.0 Å². The van der Waals surface area contributed by atoms with Gasteiger partial charge in [0.15, 0.2) is 11.2 Å². The smallest absolute Gasteiger partial charge is 0.327 e. The standard InChI is InChI=1S/C24H29NO7.C21H24N2O7.C2H2/c1-7-17-20-15(9-8-10-18(20)29-3)19(30-4)13-25(17)21(26)16-12-24(11-14(16)2,22(27)31-5)23(28)32-6;1-5-13-15-11(7-6-8-14(15)27-2)17(24)16-18-21(10-30-29-4,20(26)28-3)9-12(22-18)19(25)23(13)16;1-2/h7-11,13,15-17,20H,1,12H2,2-6H3;5-8,12-13,16,18,22H,1,9-10H2,2-4H3;1-2H/t15?,16-,17+,20?;12-,13-,16?,18-,21?;/m10./s1. The molecule has 7 rings (SSSR count). The second kappa shape index (κ2) is 19.9. The normalized spacial score (nSPS) is 28.9. The van der Waals surface area contributed by atoms with Gasteiger partial charge in [0, 0.05) is 23.2 Å². The van der Waals surface area contributed by atoms with Crippen molar-refractivity contribution in [2.45, 2.75) is 50.0 Å². The highest BCUT2D eigenvalue weighted by Gasteiger charge is 2.66. The predicted molar refractivity (Wildman–Crippen MR) is 229 cm³/mol. The number of hydrogen-bond donors (Lipinski definition) is 1. The summed E-state index contributed by atoms with van der Waals surface area (Å²) in [5.41, 5.74) is -1.29. The predicted octanol–water partition coefficient (Wildman–Crippen LogP) is 3.55. The Labute approximate surface area is 372 Å². The van der Waals surface area contributed by atoms with Crippen LogP contribution in [0.1, 0.15) is 41.7 Å². The number of ketones is 1. The summed E-state index contributed by atoms with van der Waals surface area (Å²) in [5, 5.41) is 3.17. The number of carbonyl (C=O) groups excluding carboxylic acids is 6. The van der Waals surface area contributed by atoms with E-state index in [1.165, 1.54) is 46.5 Å². The molecule has 2 fully saturated rings. The number of terminal acetylenes is 1. The fourth-order valence-electron chi connectivity index (χ4n) is 10.0. The number of allylic oxidation sites excluding steroid dienone is 3. The number of nitrogens with one attached hydrogen (secondary N) is 1. The van der Waals surface area contributed by atoms with Gasteiger partial charge in [-0.25, -0.2) is 9.78 Å². The number of piperazine rings is 1. The third kappa shape index (κ3) is 7.79. The molecule has 17 heteroatoms. The highest BCUT2D eigenvalue weighted by Crippen LogP contribution is 2.50. The number of Topliss-reactive ketones (excluding diaryl/α,β-unsaturated/α-hetero) is 1. The molecule has 0 spiro atoms. The zero-order chi connectivity index (χ0) is 47.3. The Balaban J connectivity index is 0.000000232. The molecule has 0 aromatic heterocycles. The monoisotopic (exact) mass is 885 g/mol. The molecule has 1 aromatic carbocycles. The number of amides is 2. The van der Waals surface area contributed by atoms with Crippen molar-refractivity contribution in [2.24, 2.45) is 28.6 Å². The van der Waals surface area contributed by atoms with Crippen molar-refractivity contribution in [3.8, 4) is 18.6 Å². The van der Waals surface area contributed by atoms with Gasteiger partial charge in [0.2, 0.25) is 11.8 Å². The maximum atomic E-state index is 13.8. The van der Waals surface area contributed by atoms with Crippen molar-refractivity contribution in [1.29, 1.82) is 0 Å². The van der Waals surface area contributed by atoms with Crippen molar-refractivity contribution < 1.29 is 67.0 Å². The summed E-state index contributed by atoms with van der Waals surface area (Å²) >= 11 is 0. The van der Waals surface area contributed by atoms with Crippen LogP contribution in [0.15, 0.2) is 91.1 Å². The lowest BCUT2D eigenvalue weighted by molar-refractivity contribution is -0.290. The average Bonchev–Trinajstić information content (AvgIpc) is 3.88. The summed E-state index contributed by atoms with van der Waals surface area (Å²) in [4.78, 5) is 91.8. The van der Waals surface area contributed by atoms with Gasteiger partial charge in [-0.2, -0.15) is 0 Å². The first kappa shape index (κ1) is 48.6. The van der Waals surface area contributed by atoms with Crippen molar-refractivity contribution in [3.63, 3.8) is 0 Å². The van der Waals surface area contributed by atoms with Gasteiger partial charge in [0.05, 0.1) is 85.8 Å². The zero-order valence-electron chi connectivity index (χ0n) is 37.2. The Hall–Kier alpha value is -6.48. The Morgan fingerprint density at radius 1 is 0.891 bits per heavy atom.